The van der Waals surface area contributed by atoms with E-state index in [4.69, 9.17) is 14.2 Å². The van der Waals surface area contributed by atoms with Gasteiger partial charge in [-0.1, -0.05) is 11.3 Å². The molecule has 0 fully saturated rings. The van der Waals surface area contributed by atoms with E-state index in [1.165, 1.54) is 15.9 Å². The van der Waals surface area contributed by atoms with E-state index in [0.717, 1.165) is 5.56 Å². The van der Waals surface area contributed by atoms with E-state index in [1.54, 1.807) is 46.5 Å². The van der Waals surface area contributed by atoms with Gasteiger partial charge in [-0.3, -0.25) is 4.79 Å². The van der Waals surface area contributed by atoms with Gasteiger partial charge in [0.25, 0.3) is 5.56 Å². The molecule has 8 heteroatoms. The van der Waals surface area contributed by atoms with Crippen LogP contribution in [0.2, 0.25) is 0 Å². The first-order chi connectivity index (χ1) is 11.1. The molecule has 0 saturated heterocycles. The molecule has 0 N–H and O–H groups in total. The van der Waals surface area contributed by atoms with Gasteiger partial charge >= 0.3 is 0 Å². The molecule has 2 heterocycles. The van der Waals surface area contributed by atoms with Crippen LogP contribution in [0.3, 0.4) is 0 Å². The zero-order valence-electron chi connectivity index (χ0n) is 13.1. The van der Waals surface area contributed by atoms with Crippen molar-refractivity contribution < 1.29 is 14.2 Å². The summed E-state index contributed by atoms with van der Waals surface area (Å²) in [7, 11) is 4.64. The summed E-state index contributed by atoms with van der Waals surface area (Å²) in [5.74, 6) is 2.14. The van der Waals surface area contributed by atoms with E-state index < -0.39 is 0 Å². The number of hydrogen-bond donors (Lipinski definition) is 0. The lowest BCUT2D eigenvalue weighted by Crippen LogP contribution is -2.23. The molecule has 0 bridgehead atoms. The summed E-state index contributed by atoms with van der Waals surface area (Å²) in [4.78, 5) is 17.1. The predicted molar refractivity (Wildman–Crippen MR) is 86.8 cm³/mol. The molecular weight excluding hydrogens is 318 g/mol. The molecule has 3 aromatic rings. The van der Waals surface area contributed by atoms with E-state index in [1.807, 2.05) is 0 Å². The van der Waals surface area contributed by atoms with E-state index in [-0.39, 0.29) is 5.56 Å². The SMILES string of the molecule is COc1cc(/C=c2\sc3nc(C)nn3c2=O)cc(OC)c1OC. The normalized spacial score (nSPS) is 11.9. The lowest BCUT2D eigenvalue weighted by atomic mass is 10.1. The number of hydrogen-bond acceptors (Lipinski definition) is 7. The summed E-state index contributed by atoms with van der Waals surface area (Å²) in [5.41, 5.74) is 0.567. The molecule has 3 rings (SSSR count). The van der Waals surface area contributed by atoms with Crippen molar-refractivity contribution in [3.63, 3.8) is 0 Å². The fourth-order valence-electron chi connectivity index (χ4n) is 2.27. The Hall–Kier alpha value is -2.61. The second-order valence-corrected chi connectivity index (χ2v) is 5.74. The number of methoxy groups -OCH3 is 3. The quantitative estimate of drug-likeness (QED) is 0.710. The van der Waals surface area contributed by atoms with Gasteiger partial charge in [0.05, 0.1) is 25.9 Å². The van der Waals surface area contributed by atoms with Gasteiger partial charge in [0, 0.05) is 0 Å². The number of nitrogens with zero attached hydrogens (tertiary/aromatic N) is 3. The number of thiazole rings is 1. The maximum absolute atomic E-state index is 12.3. The summed E-state index contributed by atoms with van der Waals surface area (Å²) in [6, 6.07) is 3.56. The minimum Gasteiger partial charge on any atom is -0.493 e. The van der Waals surface area contributed by atoms with Crippen molar-refractivity contribution in [2.24, 2.45) is 0 Å². The summed E-state index contributed by atoms with van der Waals surface area (Å²) in [6.45, 7) is 1.75. The monoisotopic (exact) mass is 333 g/mol. The second kappa shape index (κ2) is 5.88. The Kier molecular flexibility index (Phi) is 3.91. The maximum Gasteiger partial charge on any atom is 0.291 e. The van der Waals surface area contributed by atoms with Crippen LogP contribution in [0, 0.1) is 6.92 Å². The van der Waals surface area contributed by atoms with Crippen molar-refractivity contribution in [2.75, 3.05) is 21.3 Å². The molecular formula is C15H15N3O4S. The Morgan fingerprint density at radius 2 is 1.78 bits per heavy atom. The van der Waals surface area contributed by atoms with Gasteiger partial charge in [0.2, 0.25) is 10.7 Å². The molecule has 0 radical (unpaired) electrons. The van der Waals surface area contributed by atoms with Crippen LogP contribution in [0.1, 0.15) is 11.4 Å². The first-order valence-electron chi connectivity index (χ1n) is 6.75. The van der Waals surface area contributed by atoms with E-state index >= 15 is 0 Å². The Morgan fingerprint density at radius 3 is 2.30 bits per heavy atom. The molecule has 0 amide bonds. The van der Waals surface area contributed by atoms with Crippen molar-refractivity contribution >= 4 is 22.4 Å². The highest BCUT2D eigenvalue weighted by Gasteiger charge is 2.13. The lowest BCUT2D eigenvalue weighted by molar-refractivity contribution is 0.324. The predicted octanol–water partition coefficient (Wildman–Crippen LogP) is 1.03. The topological polar surface area (TPSA) is 75.0 Å². The average molecular weight is 333 g/mol. The zero-order chi connectivity index (χ0) is 16.6. The van der Waals surface area contributed by atoms with Crippen molar-refractivity contribution in [2.45, 2.75) is 6.92 Å². The van der Waals surface area contributed by atoms with Gasteiger partial charge in [-0.2, -0.15) is 4.52 Å². The molecule has 0 saturated carbocycles. The van der Waals surface area contributed by atoms with Gasteiger partial charge in [0.1, 0.15) is 5.82 Å². The van der Waals surface area contributed by atoms with Gasteiger partial charge < -0.3 is 14.2 Å². The number of aromatic nitrogens is 3. The molecule has 1 aromatic carbocycles. The summed E-state index contributed by atoms with van der Waals surface area (Å²) < 4.78 is 17.8. The minimum absolute atomic E-state index is 0.195. The van der Waals surface area contributed by atoms with Crippen LogP contribution in [0.4, 0.5) is 0 Å². The Balaban J connectivity index is 2.19. The van der Waals surface area contributed by atoms with Crippen molar-refractivity contribution in [1.82, 2.24) is 14.6 Å². The van der Waals surface area contributed by atoms with Crippen LogP contribution in [0.15, 0.2) is 16.9 Å². The lowest BCUT2D eigenvalue weighted by Gasteiger charge is -2.12. The molecule has 120 valence electrons. The smallest absolute Gasteiger partial charge is 0.291 e. The van der Waals surface area contributed by atoms with Crippen LogP contribution < -0.4 is 24.3 Å². The standard InChI is InChI=1S/C15H15N3O4S/c1-8-16-15-18(17-8)14(19)12(23-15)7-9-5-10(20-2)13(22-4)11(6-9)21-3/h5-7H,1-4H3/b12-7-. The average Bonchev–Trinajstić information content (AvgIpc) is 3.04. The maximum atomic E-state index is 12.3. The van der Waals surface area contributed by atoms with Crippen molar-refractivity contribution in [1.29, 1.82) is 0 Å². The molecule has 0 spiro atoms. The number of aryl methyl sites for hydroxylation is 1. The highest BCUT2D eigenvalue weighted by atomic mass is 32.1. The highest BCUT2D eigenvalue weighted by molar-refractivity contribution is 7.15. The fourth-order valence-corrected chi connectivity index (χ4v) is 3.22. The van der Waals surface area contributed by atoms with Gasteiger partial charge in [0.15, 0.2) is 11.5 Å². The molecule has 0 unspecified atom stereocenters. The number of fused-ring (bicyclic) bond motifs is 1. The molecule has 0 aliphatic carbocycles. The molecule has 0 atom stereocenters. The molecule has 2 aromatic heterocycles. The minimum atomic E-state index is -0.195. The van der Waals surface area contributed by atoms with Crippen molar-refractivity contribution in [3.05, 3.63) is 38.4 Å². The third-order valence-corrected chi connectivity index (χ3v) is 4.23. The summed E-state index contributed by atoms with van der Waals surface area (Å²) in [6.07, 6.45) is 1.75. The molecule has 0 aliphatic rings. The third-order valence-electron chi connectivity index (χ3n) is 3.27. The van der Waals surface area contributed by atoms with E-state index in [0.29, 0.717) is 32.6 Å². The molecule has 0 aliphatic heterocycles. The highest BCUT2D eigenvalue weighted by Crippen LogP contribution is 2.38. The summed E-state index contributed by atoms with van der Waals surface area (Å²) in [5, 5.41) is 4.08. The van der Waals surface area contributed by atoms with Gasteiger partial charge in [-0.05, 0) is 30.7 Å². The Morgan fingerprint density at radius 1 is 1.13 bits per heavy atom. The second-order valence-electron chi connectivity index (χ2n) is 4.73. The number of rotatable bonds is 4. The number of ether oxygens (including phenoxy) is 3. The zero-order valence-corrected chi connectivity index (χ0v) is 13.9. The third kappa shape index (κ3) is 2.61. The van der Waals surface area contributed by atoms with Crippen LogP contribution in [0.25, 0.3) is 11.0 Å². The van der Waals surface area contributed by atoms with Crippen molar-refractivity contribution in [3.8, 4) is 17.2 Å². The Labute approximate surface area is 135 Å². The van der Waals surface area contributed by atoms with Crippen LogP contribution in [-0.4, -0.2) is 35.9 Å². The van der Waals surface area contributed by atoms with Crippen LogP contribution >= 0.6 is 11.3 Å². The first kappa shape index (κ1) is 15.3. The summed E-state index contributed by atoms with van der Waals surface area (Å²) >= 11 is 1.28. The Bertz CT molecular complexity index is 952. The van der Waals surface area contributed by atoms with E-state index in [9.17, 15) is 4.79 Å². The fraction of sp³-hybridized carbons (Fsp3) is 0.267. The molecule has 23 heavy (non-hydrogen) atoms. The van der Waals surface area contributed by atoms with Gasteiger partial charge in [-0.25, -0.2) is 4.98 Å². The van der Waals surface area contributed by atoms with Gasteiger partial charge in [-0.15, -0.1) is 5.10 Å². The molecule has 7 nitrogen and oxygen atoms in total. The largest absolute Gasteiger partial charge is 0.493 e. The van der Waals surface area contributed by atoms with Crippen LogP contribution in [0.5, 0.6) is 17.2 Å². The van der Waals surface area contributed by atoms with E-state index in [2.05, 4.69) is 10.1 Å². The number of benzene rings is 1. The van der Waals surface area contributed by atoms with Crippen LogP contribution in [-0.2, 0) is 0 Å². The first-order valence-corrected chi connectivity index (χ1v) is 7.57.